The number of hydrogen-bond donors (Lipinski definition) is 0. The van der Waals surface area contributed by atoms with Crippen molar-refractivity contribution in [1.82, 2.24) is 0 Å². The topological polar surface area (TPSA) is 33.0 Å². The van der Waals surface area contributed by atoms with Crippen molar-refractivity contribution in [2.45, 2.75) is 0 Å². The minimum atomic E-state index is 0.625. The summed E-state index contributed by atoms with van der Waals surface area (Å²) in [5, 5.41) is 8.65. The number of rotatable bonds is 2. The van der Waals surface area contributed by atoms with Gasteiger partial charge in [0.2, 0.25) is 0 Å². The second-order valence-corrected chi connectivity index (χ2v) is 3.38. The second kappa shape index (κ2) is 4.50. The molecule has 2 nitrogen and oxygen atoms in total. The minimum Gasteiger partial charge on any atom is -0.457 e. The van der Waals surface area contributed by atoms with Crippen LogP contribution in [-0.2, 0) is 0 Å². The maximum Gasteiger partial charge on any atom is 0.127 e. The summed E-state index contributed by atoms with van der Waals surface area (Å²) < 4.78 is 5.60. The summed E-state index contributed by atoms with van der Waals surface area (Å²) in [6, 6.07) is 16.6. The molecule has 0 saturated heterocycles. The second-order valence-electron chi connectivity index (χ2n) is 3.38. The molecule has 0 saturated carbocycles. The molecule has 0 aliphatic rings. The summed E-state index contributed by atoms with van der Waals surface area (Å²) in [7, 11) is 0. The van der Waals surface area contributed by atoms with Crippen molar-refractivity contribution < 1.29 is 4.74 Å². The fraction of sp³-hybridized carbons (Fsp3) is 0. The molecule has 0 N–H and O–H groups in total. The molecular weight excluding hydrogens is 198 g/mol. The lowest BCUT2D eigenvalue weighted by Crippen LogP contribution is -1.84. The molecule has 0 fully saturated rings. The van der Waals surface area contributed by atoms with Gasteiger partial charge in [0.1, 0.15) is 11.5 Å². The SMILES string of the molecule is [CH2]c1ccc(Oc2ccc(C#N)cc2)cc1. The maximum atomic E-state index is 8.65. The molecular formula is C14H10NO. The Morgan fingerprint density at radius 2 is 1.38 bits per heavy atom. The van der Waals surface area contributed by atoms with Crippen LogP contribution in [0.5, 0.6) is 11.5 Å². The first-order valence-electron chi connectivity index (χ1n) is 4.88. The van der Waals surface area contributed by atoms with E-state index < -0.39 is 0 Å². The largest absolute Gasteiger partial charge is 0.457 e. The summed E-state index contributed by atoms with van der Waals surface area (Å²) in [4.78, 5) is 0. The van der Waals surface area contributed by atoms with Crippen LogP contribution in [0.2, 0.25) is 0 Å². The Morgan fingerprint density at radius 3 is 1.88 bits per heavy atom. The van der Waals surface area contributed by atoms with E-state index in [1.165, 1.54) is 0 Å². The Labute approximate surface area is 94.7 Å². The average Bonchev–Trinajstić information content (AvgIpc) is 2.33. The zero-order chi connectivity index (χ0) is 11.4. The first-order chi connectivity index (χ1) is 7.78. The van der Waals surface area contributed by atoms with E-state index in [0.717, 1.165) is 17.1 Å². The molecule has 2 aromatic carbocycles. The molecule has 2 rings (SSSR count). The van der Waals surface area contributed by atoms with Gasteiger partial charge < -0.3 is 4.74 Å². The Morgan fingerprint density at radius 1 is 0.875 bits per heavy atom. The molecule has 1 radical (unpaired) electrons. The average molecular weight is 208 g/mol. The van der Waals surface area contributed by atoms with E-state index >= 15 is 0 Å². The van der Waals surface area contributed by atoms with Gasteiger partial charge in [-0.15, -0.1) is 0 Å². The fourth-order valence-corrected chi connectivity index (χ4v) is 1.29. The van der Waals surface area contributed by atoms with Crippen LogP contribution in [0.25, 0.3) is 0 Å². The highest BCUT2D eigenvalue weighted by atomic mass is 16.5. The summed E-state index contributed by atoms with van der Waals surface area (Å²) in [5.74, 6) is 1.48. The number of ether oxygens (including phenoxy) is 1. The lowest BCUT2D eigenvalue weighted by Gasteiger charge is -2.05. The number of nitrogens with zero attached hydrogens (tertiary/aromatic N) is 1. The van der Waals surface area contributed by atoms with Gasteiger partial charge in [0.25, 0.3) is 0 Å². The van der Waals surface area contributed by atoms with Crippen molar-refractivity contribution in [3.8, 4) is 17.6 Å². The number of benzene rings is 2. The van der Waals surface area contributed by atoms with Crippen molar-refractivity contribution >= 4 is 0 Å². The molecule has 2 heteroatoms. The van der Waals surface area contributed by atoms with Gasteiger partial charge in [-0.05, 0) is 48.9 Å². The molecule has 0 heterocycles. The molecule has 0 unspecified atom stereocenters. The van der Waals surface area contributed by atoms with Gasteiger partial charge in [0.15, 0.2) is 0 Å². The van der Waals surface area contributed by atoms with E-state index in [-0.39, 0.29) is 0 Å². The van der Waals surface area contributed by atoms with E-state index in [1.807, 2.05) is 24.3 Å². The van der Waals surface area contributed by atoms with Gasteiger partial charge in [-0.3, -0.25) is 0 Å². The predicted molar refractivity (Wildman–Crippen MR) is 62.1 cm³/mol. The number of nitriles is 1. The van der Waals surface area contributed by atoms with E-state index in [9.17, 15) is 0 Å². The van der Waals surface area contributed by atoms with Gasteiger partial charge >= 0.3 is 0 Å². The first-order valence-corrected chi connectivity index (χ1v) is 4.88. The van der Waals surface area contributed by atoms with E-state index in [1.54, 1.807) is 24.3 Å². The third-order valence-corrected chi connectivity index (χ3v) is 2.14. The molecule has 0 aliphatic carbocycles. The lowest BCUT2D eigenvalue weighted by molar-refractivity contribution is 0.482. The van der Waals surface area contributed by atoms with Gasteiger partial charge in [0.05, 0.1) is 11.6 Å². The van der Waals surface area contributed by atoms with Crippen molar-refractivity contribution in [3.05, 3.63) is 66.6 Å². The molecule has 0 aromatic heterocycles. The molecule has 16 heavy (non-hydrogen) atoms. The summed E-state index contributed by atoms with van der Waals surface area (Å²) >= 11 is 0. The van der Waals surface area contributed by atoms with Crippen LogP contribution in [0, 0.1) is 18.3 Å². The molecule has 0 aliphatic heterocycles. The zero-order valence-electron chi connectivity index (χ0n) is 8.68. The van der Waals surface area contributed by atoms with E-state index in [0.29, 0.717) is 5.56 Å². The highest BCUT2D eigenvalue weighted by Gasteiger charge is 1.97. The quantitative estimate of drug-likeness (QED) is 0.756. The van der Waals surface area contributed by atoms with Crippen LogP contribution >= 0.6 is 0 Å². The summed E-state index contributed by atoms with van der Waals surface area (Å²) in [6.07, 6.45) is 0. The van der Waals surface area contributed by atoms with Gasteiger partial charge in [0, 0.05) is 0 Å². The van der Waals surface area contributed by atoms with Crippen molar-refractivity contribution in [1.29, 1.82) is 5.26 Å². The highest BCUT2D eigenvalue weighted by molar-refractivity contribution is 5.38. The molecule has 0 atom stereocenters. The molecule has 0 amide bonds. The molecule has 0 bridgehead atoms. The maximum absolute atomic E-state index is 8.65. The smallest absolute Gasteiger partial charge is 0.127 e. The molecule has 2 aromatic rings. The van der Waals surface area contributed by atoms with Crippen molar-refractivity contribution in [2.75, 3.05) is 0 Å². The van der Waals surface area contributed by atoms with Gasteiger partial charge in [-0.25, -0.2) is 0 Å². The van der Waals surface area contributed by atoms with E-state index in [2.05, 4.69) is 13.0 Å². The van der Waals surface area contributed by atoms with Crippen LogP contribution in [0.4, 0.5) is 0 Å². The third kappa shape index (κ3) is 2.40. The van der Waals surface area contributed by atoms with Gasteiger partial charge in [-0.2, -0.15) is 5.26 Å². The van der Waals surface area contributed by atoms with Crippen LogP contribution in [0.3, 0.4) is 0 Å². The Hall–Kier alpha value is -2.27. The zero-order valence-corrected chi connectivity index (χ0v) is 8.68. The van der Waals surface area contributed by atoms with E-state index in [4.69, 9.17) is 10.00 Å². The van der Waals surface area contributed by atoms with Crippen LogP contribution in [-0.4, -0.2) is 0 Å². The highest BCUT2D eigenvalue weighted by Crippen LogP contribution is 2.21. The third-order valence-electron chi connectivity index (χ3n) is 2.14. The van der Waals surface area contributed by atoms with Crippen LogP contribution in [0.15, 0.2) is 48.5 Å². The summed E-state index contributed by atoms with van der Waals surface area (Å²) in [5.41, 5.74) is 1.58. The first kappa shape index (κ1) is 10.3. The minimum absolute atomic E-state index is 0.625. The van der Waals surface area contributed by atoms with Gasteiger partial charge in [-0.1, -0.05) is 12.1 Å². The molecule has 77 valence electrons. The lowest BCUT2D eigenvalue weighted by atomic mass is 10.2. The monoisotopic (exact) mass is 208 g/mol. The predicted octanol–water partition coefficient (Wildman–Crippen LogP) is 3.53. The molecule has 0 spiro atoms. The van der Waals surface area contributed by atoms with Crippen molar-refractivity contribution in [3.63, 3.8) is 0 Å². The number of hydrogen-bond acceptors (Lipinski definition) is 2. The standard InChI is InChI=1S/C14H10NO/c1-11-2-6-13(7-3-11)16-14-8-4-12(10-15)5-9-14/h2-9H,1H2. The van der Waals surface area contributed by atoms with Crippen LogP contribution in [0.1, 0.15) is 11.1 Å². The van der Waals surface area contributed by atoms with Crippen molar-refractivity contribution in [2.24, 2.45) is 0 Å². The Balaban J connectivity index is 2.15. The van der Waals surface area contributed by atoms with Crippen LogP contribution < -0.4 is 4.74 Å². The fourth-order valence-electron chi connectivity index (χ4n) is 1.29. The summed E-state index contributed by atoms with van der Waals surface area (Å²) in [6.45, 7) is 3.80. The Bertz CT molecular complexity index is 506. The Kier molecular flexibility index (Phi) is 2.88. The normalized spacial score (nSPS) is 9.50.